The van der Waals surface area contributed by atoms with Crippen molar-refractivity contribution >= 4 is 25.3 Å². The van der Waals surface area contributed by atoms with Crippen molar-refractivity contribution in [2.24, 2.45) is 0 Å². The number of rotatable bonds is 43. The lowest BCUT2D eigenvalue weighted by Crippen LogP contribution is -2.41. The minimum absolute atomic E-state index is 0.0327. The van der Waals surface area contributed by atoms with Gasteiger partial charge >= 0.3 is 7.82 Å². The smallest absolute Gasteiger partial charge is 0.379 e. The van der Waals surface area contributed by atoms with E-state index in [1.54, 1.807) is 12.1 Å². The molecule has 0 saturated carbocycles. The van der Waals surface area contributed by atoms with E-state index in [9.17, 15) is 23.9 Å². The molecular formula is C40H73N2O15P. The Bertz CT molecular complexity index is 1150. The van der Waals surface area contributed by atoms with Crippen molar-refractivity contribution in [3.8, 4) is 0 Å². The quantitative estimate of drug-likeness (QED) is 0.0529. The summed E-state index contributed by atoms with van der Waals surface area (Å²) in [4.78, 5) is 43.8. The minimum atomic E-state index is -5.02. The summed E-state index contributed by atoms with van der Waals surface area (Å²) in [6, 6.07) is 7.30. The maximum Gasteiger partial charge on any atom is 0.470 e. The topological polar surface area (TPSA) is 208 Å². The van der Waals surface area contributed by atoms with E-state index in [1.807, 2.05) is 19.1 Å². The van der Waals surface area contributed by atoms with Gasteiger partial charge in [-0.1, -0.05) is 64.0 Å². The highest BCUT2D eigenvalue weighted by molar-refractivity contribution is 7.46. The van der Waals surface area contributed by atoms with Crippen molar-refractivity contribution in [3.63, 3.8) is 0 Å². The fourth-order valence-corrected chi connectivity index (χ4v) is 5.65. The number of phosphoric acid groups is 1. The first-order chi connectivity index (χ1) is 28.2. The van der Waals surface area contributed by atoms with Crippen LogP contribution in [0.5, 0.6) is 0 Å². The molecule has 0 aromatic heterocycles. The van der Waals surface area contributed by atoms with Gasteiger partial charge < -0.3 is 63.1 Å². The molecule has 0 saturated heterocycles. The Labute approximate surface area is 346 Å². The summed E-state index contributed by atoms with van der Waals surface area (Å²) in [5.41, 5.74) is 1.59. The van der Waals surface area contributed by atoms with Crippen molar-refractivity contribution < 1.29 is 71.1 Å². The van der Waals surface area contributed by atoms with Crippen LogP contribution in [0.25, 0.3) is 0 Å². The zero-order chi connectivity index (χ0) is 42.2. The van der Waals surface area contributed by atoms with Crippen LogP contribution in [0.1, 0.15) is 77.2 Å². The van der Waals surface area contributed by atoms with Crippen molar-refractivity contribution in [3.05, 3.63) is 29.8 Å². The largest absolute Gasteiger partial charge is 0.470 e. The number of carbonyl (C=O) groups is 2. The molecule has 18 heteroatoms. The number of amides is 2. The predicted molar refractivity (Wildman–Crippen MR) is 219 cm³/mol. The van der Waals surface area contributed by atoms with Crippen LogP contribution in [0, 0.1) is 0 Å². The lowest BCUT2D eigenvalue weighted by Gasteiger charge is -2.18. The summed E-state index contributed by atoms with van der Waals surface area (Å²) in [6.07, 6.45) is 9.21. The molecule has 1 aromatic rings. The van der Waals surface area contributed by atoms with Crippen molar-refractivity contribution in [1.29, 1.82) is 0 Å². The molecule has 17 nitrogen and oxygen atoms in total. The summed E-state index contributed by atoms with van der Waals surface area (Å²) in [6.45, 7) is 11.8. The van der Waals surface area contributed by atoms with Crippen LogP contribution in [0.15, 0.2) is 24.3 Å². The molecule has 0 heterocycles. The average Bonchev–Trinajstić information content (AvgIpc) is 3.20. The van der Waals surface area contributed by atoms with Gasteiger partial charge in [-0.05, 0) is 37.5 Å². The van der Waals surface area contributed by atoms with Gasteiger partial charge in [0.1, 0.15) is 0 Å². The van der Waals surface area contributed by atoms with E-state index < -0.39 is 32.3 Å². The van der Waals surface area contributed by atoms with E-state index in [0.29, 0.717) is 111 Å². The Morgan fingerprint density at radius 2 is 0.966 bits per heavy atom. The SMILES string of the molecule is CCCCCCCCCCc1ccc(NC(=O)C(CNC(=O)CCOCCOCCOCCOCCOCCOCCOCCOCCOCC)OP(=O)(O)O)cc1. The van der Waals surface area contributed by atoms with Crippen molar-refractivity contribution in [2.75, 3.05) is 131 Å². The van der Waals surface area contributed by atoms with Crippen molar-refractivity contribution in [1.82, 2.24) is 5.32 Å². The summed E-state index contributed by atoms with van der Waals surface area (Å²) in [7, 11) is -5.02. The molecular weight excluding hydrogens is 779 g/mol. The van der Waals surface area contributed by atoms with Crippen LogP contribution >= 0.6 is 7.82 Å². The standard InChI is InChI=1S/C40H73N2O15P/c1-3-5-6-7-8-9-10-11-12-36-13-15-37(16-14-36)42-40(44)38(57-58(45,46)47)35-41-39(43)17-18-49-21-22-51-25-26-53-29-30-55-33-34-56-32-31-54-28-27-52-24-23-50-20-19-48-4-2/h13-16,38H,3-12,17-35H2,1-2H3,(H,41,43)(H,42,44)(H2,45,46,47). The van der Waals surface area contributed by atoms with Gasteiger partial charge in [-0.3, -0.25) is 14.1 Å². The molecule has 0 spiro atoms. The lowest BCUT2D eigenvalue weighted by molar-refractivity contribution is -0.125. The highest BCUT2D eigenvalue weighted by Gasteiger charge is 2.29. The van der Waals surface area contributed by atoms with Gasteiger partial charge in [-0.25, -0.2) is 4.57 Å². The predicted octanol–water partition coefficient (Wildman–Crippen LogP) is 4.46. The zero-order valence-electron chi connectivity index (χ0n) is 35.0. The monoisotopic (exact) mass is 852 g/mol. The molecule has 2 amide bonds. The molecule has 0 aliphatic carbocycles. The number of ether oxygens (including phenoxy) is 9. The number of unbranched alkanes of at least 4 members (excludes halogenated alkanes) is 7. The molecule has 0 fully saturated rings. The second-order valence-electron chi connectivity index (χ2n) is 13.1. The maximum atomic E-state index is 12.8. The van der Waals surface area contributed by atoms with Gasteiger partial charge in [-0.2, -0.15) is 0 Å². The fourth-order valence-electron chi connectivity index (χ4n) is 5.15. The molecule has 1 atom stereocenters. The first-order valence-electron chi connectivity index (χ1n) is 20.8. The normalized spacial score (nSPS) is 12.2. The molecule has 0 bridgehead atoms. The van der Waals surface area contributed by atoms with Crippen LogP contribution in [0.4, 0.5) is 5.69 Å². The molecule has 4 N–H and O–H groups in total. The summed E-state index contributed by atoms with van der Waals surface area (Å²) in [5, 5.41) is 5.08. The maximum absolute atomic E-state index is 12.8. The van der Waals surface area contributed by atoms with Crippen LogP contribution in [0.3, 0.4) is 0 Å². The Morgan fingerprint density at radius 3 is 1.38 bits per heavy atom. The van der Waals surface area contributed by atoms with Gasteiger partial charge in [0.15, 0.2) is 6.10 Å². The molecule has 0 aliphatic heterocycles. The molecule has 1 unspecified atom stereocenters. The molecule has 0 radical (unpaired) electrons. The number of hydrogen-bond acceptors (Lipinski definition) is 13. The van der Waals surface area contributed by atoms with Crippen LogP contribution in [-0.4, -0.2) is 153 Å². The zero-order valence-corrected chi connectivity index (χ0v) is 35.9. The Balaban J connectivity index is 2.01. The third-order valence-electron chi connectivity index (χ3n) is 8.24. The average molecular weight is 853 g/mol. The van der Waals surface area contributed by atoms with Gasteiger partial charge in [0.25, 0.3) is 5.91 Å². The molecule has 338 valence electrons. The van der Waals surface area contributed by atoms with Gasteiger partial charge in [0, 0.05) is 18.7 Å². The highest BCUT2D eigenvalue weighted by atomic mass is 31.2. The number of benzene rings is 1. The Morgan fingerprint density at radius 1 is 0.569 bits per heavy atom. The van der Waals surface area contributed by atoms with Gasteiger partial charge in [-0.15, -0.1) is 0 Å². The lowest BCUT2D eigenvalue weighted by atomic mass is 10.0. The second-order valence-corrected chi connectivity index (χ2v) is 14.3. The number of aryl methyl sites for hydroxylation is 1. The van der Waals surface area contributed by atoms with Crippen LogP contribution in [-0.2, 0) is 67.7 Å². The van der Waals surface area contributed by atoms with Crippen molar-refractivity contribution in [2.45, 2.75) is 84.2 Å². The Hall–Kier alpha value is -2.09. The molecule has 1 aromatic carbocycles. The summed E-state index contributed by atoms with van der Waals surface area (Å²) in [5.74, 6) is -1.27. The van der Waals surface area contributed by atoms with Gasteiger partial charge in [0.2, 0.25) is 5.91 Å². The number of hydrogen-bond donors (Lipinski definition) is 4. The van der Waals surface area contributed by atoms with E-state index in [1.165, 1.54) is 44.9 Å². The third kappa shape index (κ3) is 35.8. The first-order valence-corrected chi connectivity index (χ1v) is 22.4. The Kier molecular flexibility index (Phi) is 36.3. The van der Waals surface area contributed by atoms with E-state index in [-0.39, 0.29) is 19.6 Å². The van der Waals surface area contributed by atoms with E-state index in [2.05, 4.69) is 22.1 Å². The van der Waals surface area contributed by atoms with E-state index in [0.717, 1.165) is 18.4 Å². The van der Waals surface area contributed by atoms with Crippen LogP contribution < -0.4 is 10.6 Å². The van der Waals surface area contributed by atoms with E-state index >= 15 is 0 Å². The number of nitrogens with one attached hydrogen (secondary N) is 2. The second kappa shape index (κ2) is 39.1. The molecule has 1 rings (SSSR count). The highest BCUT2D eigenvalue weighted by Crippen LogP contribution is 2.37. The number of phosphoric ester groups is 1. The van der Waals surface area contributed by atoms with E-state index in [4.69, 9.17) is 42.6 Å². The summed E-state index contributed by atoms with van der Waals surface area (Å²) < 4.78 is 64.9. The minimum Gasteiger partial charge on any atom is -0.379 e. The number of carbonyl (C=O) groups excluding carboxylic acids is 2. The molecule has 58 heavy (non-hydrogen) atoms. The fraction of sp³-hybridized carbons (Fsp3) is 0.800. The number of anilines is 1. The molecule has 0 aliphatic rings. The first kappa shape index (κ1) is 53.9. The van der Waals surface area contributed by atoms with Crippen LogP contribution in [0.2, 0.25) is 0 Å². The third-order valence-corrected chi connectivity index (χ3v) is 8.76. The van der Waals surface area contributed by atoms with Gasteiger partial charge in [0.05, 0.1) is 119 Å². The summed E-state index contributed by atoms with van der Waals surface area (Å²) >= 11 is 0.